The molecule has 5 heteroatoms. The summed E-state index contributed by atoms with van der Waals surface area (Å²) in [5.41, 5.74) is 3.69. The van der Waals surface area contributed by atoms with Crippen LogP contribution in [0.4, 0.5) is 4.39 Å². The van der Waals surface area contributed by atoms with Gasteiger partial charge in [0.05, 0.1) is 5.69 Å². The lowest BCUT2D eigenvalue weighted by molar-refractivity contribution is 0.628. The molecule has 2 aromatic heterocycles. The third-order valence-electron chi connectivity index (χ3n) is 2.75. The molecule has 3 aromatic rings. The Morgan fingerprint density at radius 1 is 0.895 bits per heavy atom. The third-order valence-corrected chi connectivity index (χ3v) is 2.75. The van der Waals surface area contributed by atoms with Gasteiger partial charge in [-0.3, -0.25) is 10.1 Å². The van der Waals surface area contributed by atoms with Crippen LogP contribution in [-0.2, 0) is 0 Å². The molecule has 3 nitrogen and oxygen atoms in total. The summed E-state index contributed by atoms with van der Waals surface area (Å²) >= 11 is 0. The molecule has 0 bridgehead atoms. The van der Waals surface area contributed by atoms with Gasteiger partial charge < -0.3 is 0 Å². The summed E-state index contributed by atoms with van der Waals surface area (Å²) in [5, 5.41) is 7.07. The van der Waals surface area contributed by atoms with Crippen LogP contribution in [0.3, 0.4) is 0 Å². The molecule has 0 aliphatic rings. The van der Waals surface area contributed by atoms with E-state index < -0.39 is 0 Å². The number of halogens is 2. The fraction of sp³-hybridized carbons (Fsp3) is 0. The maximum Gasteiger partial charge on any atom is 0.123 e. The van der Waals surface area contributed by atoms with E-state index in [1.54, 1.807) is 24.5 Å². The van der Waals surface area contributed by atoms with Gasteiger partial charge in [0.15, 0.2) is 0 Å². The van der Waals surface area contributed by atoms with Gasteiger partial charge in [0.1, 0.15) is 5.82 Å². The molecule has 0 amide bonds. The number of nitrogens with one attached hydrogen (secondary N) is 1. The molecule has 0 unspecified atom stereocenters. The second-order valence-electron chi connectivity index (χ2n) is 3.89. The molecule has 0 spiro atoms. The van der Waals surface area contributed by atoms with E-state index in [0.29, 0.717) is 0 Å². The molecule has 0 saturated heterocycles. The second-order valence-corrected chi connectivity index (χ2v) is 3.89. The van der Waals surface area contributed by atoms with Crippen molar-refractivity contribution in [3.8, 4) is 22.4 Å². The first-order valence-electron chi connectivity index (χ1n) is 5.55. The van der Waals surface area contributed by atoms with E-state index in [1.807, 2.05) is 18.3 Å². The molecular weight excluding hydrogens is 265 g/mol. The average Bonchev–Trinajstić information content (AvgIpc) is 2.90. The molecular formula is C14H11ClFN3. The van der Waals surface area contributed by atoms with Gasteiger partial charge in [0, 0.05) is 29.7 Å². The van der Waals surface area contributed by atoms with Crippen LogP contribution in [0.15, 0.2) is 55.0 Å². The van der Waals surface area contributed by atoms with Gasteiger partial charge in [-0.15, -0.1) is 12.4 Å². The highest BCUT2D eigenvalue weighted by molar-refractivity contribution is 5.85. The monoisotopic (exact) mass is 275 g/mol. The zero-order chi connectivity index (χ0) is 12.4. The number of aromatic nitrogens is 3. The topological polar surface area (TPSA) is 41.6 Å². The van der Waals surface area contributed by atoms with Crippen LogP contribution < -0.4 is 0 Å². The summed E-state index contributed by atoms with van der Waals surface area (Å²) in [4.78, 5) is 3.99. The lowest BCUT2D eigenvalue weighted by atomic mass is 10.0. The lowest BCUT2D eigenvalue weighted by Crippen LogP contribution is -1.83. The number of aromatic amines is 1. The van der Waals surface area contributed by atoms with Gasteiger partial charge in [-0.25, -0.2) is 4.39 Å². The van der Waals surface area contributed by atoms with Crippen LogP contribution in [0.2, 0.25) is 0 Å². The first-order valence-corrected chi connectivity index (χ1v) is 5.55. The van der Waals surface area contributed by atoms with Crippen molar-refractivity contribution in [3.05, 3.63) is 60.8 Å². The van der Waals surface area contributed by atoms with Crippen LogP contribution in [0.1, 0.15) is 0 Å². The predicted molar refractivity (Wildman–Crippen MR) is 74.5 cm³/mol. The summed E-state index contributed by atoms with van der Waals surface area (Å²) in [6, 6.07) is 10.1. The Morgan fingerprint density at radius 2 is 1.58 bits per heavy atom. The highest BCUT2D eigenvalue weighted by Crippen LogP contribution is 2.29. The van der Waals surface area contributed by atoms with Crippen LogP contribution in [-0.4, -0.2) is 15.2 Å². The van der Waals surface area contributed by atoms with Crippen molar-refractivity contribution in [2.75, 3.05) is 0 Å². The molecule has 0 fully saturated rings. The average molecular weight is 276 g/mol. The Hall–Kier alpha value is -2.20. The summed E-state index contributed by atoms with van der Waals surface area (Å²) < 4.78 is 12.9. The lowest BCUT2D eigenvalue weighted by Gasteiger charge is -2.02. The van der Waals surface area contributed by atoms with Crippen LogP contribution in [0, 0.1) is 5.82 Å². The molecule has 0 radical (unpaired) electrons. The van der Waals surface area contributed by atoms with Crippen molar-refractivity contribution in [1.29, 1.82) is 0 Å². The molecule has 2 heterocycles. The minimum atomic E-state index is -0.250. The van der Waals surface area contributed by atoms with E-state index in [9.17, 15) is 4.39 Å². The molecule has 19 heavy (non-hydrogen) atoms. The fourth-order valence-electron chi connectivity index (χ4n) is 1.87. The minimum absolute atomic E-state index is 0. The number of H-pyrrole nitrogens is 1. The number of pyridine rings is 1. The predicted octanol–water partition coefficient (Wildman–Crippen LogP) is 3.70. The van der Waals surface area contributed by atoms with Crippen molar-refractivity contribution in [2.45, 2.75) is 0 Å². The van der Waals surface area contributed by atoms with E-state index in [2.05, 4.69) is 15.2 Å². The summed E-state index contributed by atoms with van der Waals surface area (Å²) in [6.07, 6.45) is 5.29. The van der Waals surface area contributed by atoms with Gasteiger partial charge in [-0.2, -0.15) is 5.10 Å². The Morgan fingerprint density at radius 3 is 2.26 bits per heavy atom. The first kappa shape index (κ1) is 13.2. The Bertz CT molecular complexity index is 650. The van der Waals surface area contributed by atoms with E-state index in [4.69, 9.17) is 0 Å². The fourth-order valence-corrected chi connectivity index (χ4v) is 1.87. The number of benzene rings is 1. The molecule has 0 aliphatic carbocycles. The molecule has 0 saturated carbocycles. The van der Waals surface area contributed by atoms with E-state index in [-0.39, 0.29) is 18.2 Å². The zero-order valence-corrected chi connectivity index (χ0v) is 10.7. The number of nitrogens with zero attached hydrogens (tertiary/aromatic N) is 2. The van der Waals surface area contributed by atoms with E-state index >= 15 is 0 Å². The Kier molecular flexibility index (Phi) is 3.92. The summed E-state index contributed by atoms with van der Waals surface area (Å²) in [6.45, 7) is 0. The van der Waals surface area contributed by atoms with Gasteiger partial charge >= 0.3 is 0 Å². The molecule has 1 aromatic carbocycles. The number of hydrogen-bond donors (Lipinski definition) is 1. The van der Waals surface area contributed by atoms with Crippen LogP contribution in [0.5, 0.6) is 0 Å². The van der Waals surface area contributed by atoms with Crippen molar-refractivity contribution >= 4 is 12.4 Å². The highest BCUT2D eigenvalue weighted by Gasteiger charge is 2.10. The van der Waals surface area contributed by atoms with Crippen LogP contribution >= 0.6 is 12.4 Å². The summed E-state index contributed by atoms with van der Waals surface area (Å²) in [7, 11) is 0. The normalized spacial score (nSPS) is 9.95. The quantitative estimate of drug-likeness (QED) is 0.775. The maximum absolute atomic E-state index is 12.9. The first-order chi connectivity index (χ1) is 8.84. The van der Waals surface area contributed by atoms with Gasteiger partial charge in [-0.05, 0) is 42.0 Å². The number of hydrogen-bond acceptors (Lipinski definition) is 2. The largest absolute Gasteiger partial charge is 0.284 e. The third kappa shape index (κ3) is 2.63. The van der Waals surface area contributed by atoms with E-state index in [1.165, 1.54) is 12.1 Å². The van der Waals surface area contributed by atoms with Crippen molar-refractivity contribution in [3.63, 3.8) is 0 Å². The second kappa shape index (κ2) is 5.63. The van der Waals surface area contributed by atoms with Crippen molar-refractivity contribution in [1.82, 2.24) is 15.2 Å². The molecule has 0 atom stereocenters. The zero-order valence-electron chi connectivity index (χ0n) is 9.88. The van der Waals surface area contributed by atoms with Crippen LogP contribution in [0.25, 0.3) is 22.4 Å². The minimum Gasteiger partial charge on any atom is -0.284 e. The summed E-state index contributed by atoms with van der Waals surface area (Å²) in [5.74, 6) is -0.250. The molecule has 0 aliphatic heterocycles. The van der Waals surface area contributed by atoms with Gasteiger partial charge in [0.2, 0.25) is 0 Å². The Labute approximate surface area is 115 Å². The SMILES string of the molecule is Cl.Fc1ccc(-c2n[nH]cc2-c2ccncc2)cc1. The molecule has 96 valence electrons. The van der Waals surface area contributed by atoms with Crippen molar-refractivity contribution in [2.24, 2.45) is 0 Å². The Balaban J connectivity index is 0.00000133. The smallest absolute Gasteiger partial charge is 0.123 e. The standard InChI is InChI=1S/C14H10FN3.ClH/c15-12-3-1-11(2-4-12)14-13(9-17-18-14)10-5-7-16-8-6-10;/h1-9H,(H,17,18);1H. The maximum atomic E-state index is 12.9. The highest BCUT2D eigenvalue weighted by atomic mass is 35.5. The van der Waals surface area contributed by atoms with E-state index in [0.717, 1.165) is 22.4 Å². The van der Waals surface area contributed by atoms with Gasteiger partial charge in [-0.1, -0.05) is 0 Å². The van der Waals surface area contributed by atoms with Crippen molar-refractivity contribution < 1.29 is 4.39 Å². The molecule has 3 rings (SSSR count). The number of rotatable bonds is 2. The molecule has 1 N–H and O–H groups in total. The van der Waals surface area contributed by atoms with Gasteiger partial charge in [0.25, 0.3) is 0 Å².